The molecule has 0 aromatic carbocycles. The summed E-state index contributed by atoms with van der Waals surface area (Å²) in [5.41, 5.74) is -0.139. The number of hydrazine groups is 1. The van der Waals surface area contributed by atoms with E-state index in [1.165, 1.54) is 0 Å². The number of aromatic nitrogens is 1. The minimum atomic E-state index is -0.871. The normalized spacial score (nSPS) is 27.7. The van der Waals surface area contributed by atoms with Crippen molar-refractivity contribution in [1.82, 2.24) is 9.99 Å². The zero-order chi connectivity index (χ0) is 13.2. The first-order valence-electron chi connectivity index (χ1n) is 6.30. The van der Waals surface area contributed by atoms with Crippen LogP contribution in [0.15, 0.2) is 30.4 Å². The maximum atomic E-state index is 10.5. The molecule has 1 aromatic heterocycles. The maximum Gasteiger partial charge on any atom is 0.143 e. The van der Waals surface area contributed by atoms with Gasteiger partial charge in [-0.25, -0.2) is 9.99 Å². The molecule has 4 heteroatoms. The highest BCUT2D eigenvalue weighted by Crippen LogP contribution is 2.26. The summed E-state index contributed by atoms with van der Waals surface area (Å²) < 4.78 is 0. The molecule has 1 aromatic rings. The van der Waals surface area contributed by atoms with Gasteiger partial charge in [0.25, 0.3) is 0 Å². The van der Waals surface area contributed by atoms with Crippen LogP contribution in [0.25, 0.3) is 0 Å². The van der Waals surface area contributed by atoms with E-state index >= 15 is 0 Å². The summed E-state index contributed by atoms with van der Waals surface area (Å²) in [5.74, 6) is 0.852. The van der Waals surface area contributed by atoms with E-state index in [1.54, 1.807) is 0 Å². The number of allylic oxidation sites excluding steroid dienone is 1. The van der Waals surface area contributed by atoms with Crippen LogP contribution in [0, 0.1) is 0 Å². The minimum absolute atomic E-state index is 0.688. The van der Waals surface area contributed by atoms with Crippen LogP contribution in [0.4, 0.5) is 5.82 Å². The third-order valence-corrected chi connectivity index (χ3v) is 3.46. The Morgan fingerprint density at radius 3 is 2.83 bits per heavy atom. The largest absolute Gasteiger partial charge is 0.384 e. The van der Waals surface area contributed by atoms with Crippen LogP contribution in [-0.4, -0.2) is 35.7 Å². The van der Waals surface area contributed by atoms with Gasteiger partial charge in [-0.2, -0.15) is 0 Å². The summed E-state index contributed by atoms with van der Waals surface area (Å²) in [6.45, 7) is 2.67. The molecule has 98 valence electrons. The highest BCUT2D eigenvalue weighted by molar-refractivity contribution is 5.38. The van der Waals surface area contributed by atoms with Crippen molar-refractivity contribution in [2.45, 2.75) is 25.4 Å². The lowest BCUT2D eigenvalue weighted by Gasteiger charge is -2.29. The molecule has 18 heavy (non-hydrogen) atoms. The van der Waals surface area contributed by atoms with Gasteiger partial charge in [-0.1, -0.05) is 18.2 Å². The number of aliphatic hydroxyl groups is 1. The van der Waals surface area contributed by atoms with Crippen molar-refractivity contribution in [1.29, 1.82) is 0 Å². The lowest BCUT2D eigenvalue weighted by atomic mass is 9.95. The van der Waals surface area contributed by atoms with Crippen LogP contribution in [-0.2, 0) is 5.60 Å². The second-order valence-corrected chi connectivity index (χ2v) is 5.03. The van der Waals surface area contributed by atoms with Crippen LogP contribution >= 0.6 is 0 Å². The Morgan fingerprint density at radius 1 is 1.28 bits per heavy atom. The van der Waals surface area contributed by atoms with E-state index in [2.05, 4.69) is 22.1 Å². The standard InChI is InChI=1S/C14H21N3O/c1-14(18)10-5-4-6-11-16(2)17(3)13-9-7-8-12(14)15-13/h4,6-9,18H,5,10-11H2,1-3H3/b6-4-. The monoisotopic (exact) mass is 247 g/mol. The number of pyridine rings is 1. The summed E-state index contributed by atoms with van der Waals surface area (Å²) >= 11 is 0. The first-order chi connectivity index (χ1) is 8.50. The van der Waals surface area contributed by atoms with Gasteiger partial charge in [0.15, 0.2) is 0 Å². The number of nitrogens with zero attached hydrogens (tertiary/aromatic N) is 3. The quantitative estimate of drug-likeness (QED) is 0.711. The molecule has 0 radical (unpaired) electrons. The SMILES string of the molecule is CN1C/C=C\CCC(C)(O)c2cccc(n2)N1C. The van der Waals surface area contributed by atoms with E-state index < -0.39 is 5.60 Å². The van der Waals surface area contributed by atoms with Gasteiger partial charge in [0, 0.05) is 20.6 Å². The minimum Gasteiger partial charge on any atom is -0.384 e. The molecule has 0 amide bonds. The number of hydrogen-bond acceptors (Lipinski definition) is 4. The molecule has 0 saturated heterocycles. The molecule has 0 spiro atoms. The second-order valence-electron chi connectivity index (χ2n) is 5.03. The molecule has 0 saturated carbocycles. The van der Waals surface area contributed by atoms with Gasteiger partial charge in [-0.15, -0.1) is 0 Å². The average molecular weight is 247 g/mol. The van der Waals surface area contributed by atoms with Crippen molar-refractivity contribution in [2.75, 3.05) is 25.6 Å². The van der Waals surface area contributed by atoms with Crippen LogP contribution in [0.1, 0.15) is 25.5 Å². The van der Waals surface area contributed by atoms with Crippen molar-refractivity contribution in [3.8, 4) is 0 Å². The number of rotatable bonds is 0. The highest BCUT2D eigenvalue weighted by atomic mass is 16.3. The Hall–Kier alpha value is -1.39. The van der Waals surface area contributed by atoms with Crippen molar-refractivity contribution in [2.24, 2.45) is 0 Å². The molecule has 2 bridgehead atoms. The topological polar surface area (TPSA) is 39.6 Å². The van der Waals surface area contributed by atoms with Gasteiger partial charge >= 0.3 is 0 Å². The second kappa shape index (κ2) is 5.08. The summed E-state index contributed by atoms with van der Waals surface area (Å²) in [6.07, 6.45) is 5.79. The van der Waals surface area contributed by atoms with E-state index in [1.807, 2.05) is 44.2 Å². The van der Waals surface area contributed by atoms with E-state index in [0.29, 0.717) is 6.42 Å². The molecular weight excluding hydrogens is 226 g/mol. The fourth-order valence-corrected chi connectivity index (χ4v) is 2.04. The number of fused-ring (bicyclic) bond motifs is 2. The molecule has 1 atom stereocenters. The van der Waals surface area contributed by atoms with E-state index in [9.17, 15) is 5.11 Å². The first-order valence-corrected chi connectivity index (χ1v) is 6.30. The van der Waals surface area contributed by atoms with Crippen molar-refractivity contribution >= 4 is 5.82 Å². The van der Waals surface area contributed by atoms with E-state index in [4.69, 9.17) is 0 Å². The molecule has 1 N–H and O–H groups in total. The van der Waals surface area contributed by atoms with Crippen molar-refractivity contribution in [3.63, 3.8) is 0 Å². The lowest BCUT2D eigenvalue weighted by molar-refractivity contribution is 0.0444. The van der Waals surface area contributed by atoms with E-state index in [-0.39, 0.29) is 0 Å². The number of likely N-dealkylation sites (N-methyl/N-ethyl adjacent to an activating group) is 1. The first kappa shape index (κ1) is 13.1. The van der Waals surface area contributed by atoms with Crippen LogP contribution < -0.4 is 5.01 Å². The van der Waals surface area contributed by atoms with Gasteiger partial charge in [0.05, 0.1) is 5.69 Å². The fourth-order valence-electron chi connectivity index (χ4n) is 2.04. The summed E-state index contributed by atoms with van der Waals surface area (Å²) in [5, 5.41) is 14.6. The Morgan fingerprint density at radius 2 is 2.06 bits per heavy atom. The smallest absolute Gasteiger partial charge is 0.143 e. The third kappa shape index (κ3) is 2.71. The molecule has 1 unspecified atom stereocenters. The Kier molecular flexibility index (Phi) is 3.68. The van der Waals surface area contributed by atoms with Gasteiger partial charge in [-0.05, 0) is 31.9 Å². The van der Waals surface area contributed by atoms with Gasteiger partial charge < -0.3 is 5.11 Å². The zero-order valence-corrected chi connectivity index (χ0v) is 11.3. The van der Waals surface area contributed by atoms with Crippen molar-refractivity contribution in [3.05, 3.63) is 36.0 Å². The molecule has 0 aliphatic carbocycles. The Balaban J connectivity index is 2.41. The van der Waals surface area contributed by atoms with Crippen LogP contribution in [0.5, 0.6) is 0 Å². The van der Waals surface area contributed by atoms with E-state index in [0.717, 1.165) is 24.5 Å². The highest BCUT2D eigenvalue weighted by Gasteiger charge is 2.25. The van der Waals surface area contributed by atoms with Gasteiger partial charge in [0.2, 0.25) is 0 Å². The predicted molar refractivity (Wildman–Crippen MR) is 73.2 cm³/mol. The van der Waals surface area contributed by atoms with Gasteiger partial charge in [0.1, 0.15) is 11.4 Å². The molecule has 2 rings (SSSR count). The summed E-state index contributed by atoms with van der Waals surface area (Å²) in [7, 11) is 4.00. The van der Waals surface area contributed by atoms with Crippen LogP contribution in [0.2, 0.25) is 0 Å². The van der Waals surface area contributed by atoms with Crippen LogP contribution in [0.3, 0.4) is 0 Å². The average Bonchev–Trinajstić information content (AvgIpc) is 2.37. The molecule has 4 nitrogen and oxygen atoms in total. The molecule has 1 aliphatic rings. The predicted octanol–water partition coefficient (Wildman–Crippen LogP) is 1.92. The molecular formula is C14H21N3O. The number of anilines is 1. The molecule has 0 fully saturated rings. The molecule has 1 aliphatic heterocycles. The maximum absolute atomic E-state index is 10.5. The summed E-state index contributed by atoms with van der Waals surface area (Å²) in [4.78, 5) is 4.57. The summed E-state index contributed by atoms with van der Waals surface area (Å²) in [6, 6.07) is 5.79. The number of hydrogen-bond donors (Lipinski definition) is 1. The van der Waals surface area contributed by atoms with Crippen molar-refractivity contribution < 1.29 is 5.11 Å². The Bertz CT molecular complexity index is 442. The molecule has 2 heterocycles. The van der Waals surface area contributed by atoms with Gasteiger partial charge in [-0.3, -0.25) is 5.01 Å². The lowest BCUT2D eigenvalue weighted by Crippen LogP contribution is -2.37. The zero-order valence-electron chi connectivity index (χ0n) is 11.3. The Labute approximate surface area is 109 Å². The fraction of sp³-hybridized carbons (Fsp3) is 0.500. The third-order valence-electron chi connectivity index (χ3n) is 3.46.